The molecule has 0 saturated carbocycles. The number of unbranched alkanes of at least 4 members (excludes halogenated alkanes) is 30. The van der Waals surface area contributed by atoms with E-state index < -0.39 is 26.5 Å². The lowest BCUT2D eigenvalue weighted by Crippen LogP contribution is -2.27. The summed E-state index contributed by atoms with van der Waals surface area (Å²) in [7, 11) is -4.42. The number of rotatable bonds is 47. The molecule has 9 nitrogen and oxygen atoms in total. The fourth-order valence-electron chi connectivity index (χ4n) is 7.11. The molecule has 0 aliphatic rings. The van der Waals surface area contributed by atoms with Gasteiger partial charge in [-0.05, 0) is 38.5 Å². The molecule has 0 spiro atoms. The van der Waals surface area contributed by atoms with Gasteiger partial charge in [-0.15, -0.1) is 0 Å². The van der Waals surface area contributed by atoms with Crippen molar-refractivity contribution in [1.82, 2.24) is 5.32 Å². The van der Waals surface area contributed by atoms with Crippen molar-refractivity contribution < 1.29 is 37.9 Å². The number of phosphoric acid groups is 1. The van der Waals surface area contributed by atoms with Crippen LogP contribution in [0.5, 0.6) is 0 Å². The van der Waals surface area contributed by atoms with Gasteiger partial charge in [-0.3, -0.25) is 18.6 Å². The molecule has 10 heteroatoms. The van der Waals surface area contributed by atoms with E-state index in [2.05, 4.69) is 43.5 Å². The number of esters is 1. The van der Waals surface area contributed by atoms with Gasteiger partial charge in [-0.25, -0.2) is 4.57 Å². The monoisotopic (exact) mass is 856 g/mol. The highest BCUT2D eigenvalue weighted by atomic mass is 31.2. The number of allylic oxidation sites excluding steroid dienone is 4. The molecule has 0 aliphatic heterocycles. The molecule has 0 aliphatic carbocycles. The van der Waals surface area contributed by atoms with Crippen molar-refractivity contribution in [2.24, 2.45) is 0 Å². The maximum Gasteiger partial charge on any atom is 0.472 e. The van der Waals surface area contributed by atoms with E-state index in [1.165, 1.54) is 154 Å². The topological polar surface area (TPSA) is 131 Å². The first-order valence-electron chi connectivity index (χ1n) is 24.8. The Hall–Kier alpha value is -1.51. The minimum atomic E-state index is -4.42. The van der Waals surface area contributed by atoms with E-state index in [1.807, 2.05) is 0 Å². The Morgan fingerprint density at radius 3 is 1.41 bits per heavy atom. The highest BCUT2D eigenvalue weighted by molar-refractivity contribution is 7.47. The van der Waals surface area contributed by atoms with Gasteiger partial charge in [0.1, 0.15) is 12.7 Å². The summed E-state index contributed by atoms with van der Waals surface area (Å²) in [5.74, 6) is -0.521. The van der Waals surface area contributed by atoms with Crippen molar-refractivity contribution >= 4 is 19.7 Å². The van der Waals surface area contributed by atoms with Crippen LogP contribution in [0.25, 0.3) is 0 Å². The summed E-state index contributed by atoms with van der Waals surface area (Å²) in [6, 6.07) is 0. The predicted octanol–water partition coefficient (Wildman–Crippen LogP) is 14.3. The van der Waals surface area contributed by atoms with Crippen molar-refractivity contribution in [2.75, 3.05) is 26.4 Å². The number of hydrogen-bond acceptors (Lipinski definition) is 7. The van der Waals surface area contributed by atoms with E-state index in [0.29, 0.717) is 6.42 Å². The molecule has 0 fully saturated rings. The Bertz CT molecular complexity index is 1020. The maximum absolute atomic E-state index is 12.1. The number of nitrogens with one attached hydrogen (secondary N) is 1. The zero-order chi connectivity index (χ0) is 43.2. The molecular weight excluding hydrogens is 762 g/mol. The molecule has 0 radical (unpaired) electrons. The lowest BCUT2D eigenvalue weighted by molar-refractivity contribution is -0.147. The summed E-state index contributed by atoms with van der Waals surface area (Å²) in [5.41, 5.74) is 0. The third kappa shape index (κ3) is 47.4. The van der Waals surface area contributed by atoms with Crippen LogP contribution in [0, 0.1) is 0 Å². The summed E-state index contributed by atoms with van der Waals surface area (Å²) in [6.07, 6.45) is 51.2. The first-order valence-corrected chi connectivity index (χ1v) is 26.3. The summed E-state index contributed by atoms with van der Waals surface area (Å²) >= 11 is 0. The van der Waals surface area contributed by atoms with Gasteiger partial charge in [-0.1, -0.05) is 218 Å². The van der Waals surface area contributed by atoms with E-state index in [1.54, 1.807) is 0 Å². The Balaban J connectivity index is 3.52. The summed E-state index contributed by atoms with van der Waals surface area (Å²) in [6.45, 7) is 3.53. The first-order chi connectivity index (χ1) is 28.8. The number of carbonyl (C=O) groups excluding carboxylic acids is 2. The minimum Gasteiger partial charge on any atom is -0.463 e. The second-order valence-electron chi connectivity index (χ2n) is 16.8. The van der Waals surface area contributed by atoms with Gasteiger partial charge in [0, 0.05) is 19.4 Å². The smallest absolute Gasteiger partial charge is 0.463 e. The molecule has 0 heterocycles. The third-order valence-electron chi connectivity index (χ3n) is 10.9. The van der Waals surface area contributed by atoms with Crippen LogP contribution in [-0.4, -0.2) is 54.3 Å². The maximum atomic E-state index is 12.1. The Labute approximate surface area is 363 Å². The fourth-order valence-corrected chi connectivity index (χ4v) is 7.86. The molecule has 59 heavy (non-hydrogen) atoms. The quantitative estimate of drug-likeness (QED) is 0.0239. The van der Waals surface area contributed by atoms with Crippen molar-refractivity contribution in [1.29, 1.82) is 0 Å². The summed E-state index contributed by atoms with van der Waals surface area (Å²) < 4.78 is 26.9. The SMILES string of the molecule is CCCC/C=C\C/C=C\CCCCCCCC(=O)NCCOP(=O)(O)OCC(O)COC(=O)CCCCCCCCCCCCCCCCCCCCCCCCCC. The van der Waals surface area contributed by atoms with Crippen molar-refractivity contribution in [3.8, 4) is 0 Å². The number of aliphatic hydroxyl groups is 1. The second kappa shape index (κ2) is 46.0. The van der Waals surface area contributed by atoms with E-state index in [9.17, 15) is 24.2 Å². The van der Waals surface area contributed by atoms with Gasteiger partial charge in [0.2, 0.25) is 5.91 Å². The highest BCUT2D eigenvalue weighted by Gasteiger charge is 2.23. The number of ether oxygens (including phenoxy) is 1. The predicted molar refractivity (Wildman–Crippen MR) is 248 cm³/mol. The van der Waals surface area contributed by atoms with Crippen LogP contribution < -0.4 is 5.32 Å². The molecule has 3 N–H and O–H groups in total. The van der Waals surface area contributed by atoms with E-state index in [0.717, 1.165) is 64.2 Å². The van der Waals surface area contributed by atoms with Crippen LogP contribution >= 0.6 is 7.82 Å². The van der Waals surface area contributed by atoms with Crippen molar-refractivity contribution in [2.45, 2.75) is 251 Å². The van der Waals surface area contributed by atoms with Gasteiger partial charge in [-0.2, -0.15) is 0 Å². The Kier molecular flexibility index (Phi) is 44.8. The molecule has 0 aromatic rings. The molecule has 0 aromatic carbocycles. The first kappa shape index (κ1) is 57.5. The van der Waals surface area contributed by atoms with Crippen molar-refractivity contribution in [3.05, 3.63) is 24.3 Å². The average molecular weight is 856 g/mol. The van der Waals surface area contributed by atoms with Gasteiger partial charge >= 0.3 is 13.8 Å². The fraction of sp³-hybridized carbons (Fsp3) is 0.878. The Morgan fingerprint density at radius 1 is 0.525 bits per heavy atom. The lowest BCUT2D eigenvalue weighted by Gasteiger charge is -2.15. The van der Waals surface area contributed by atoms with E-state index in [4.69, 9.17) is 13.8 Å². The average Bonchev–Trinajstić information content (AvgIpc) is 3.22. The van der Waals surface area contributed by atoms with Crippen LogP contribution in [0.3, 0.4) is 0 Å². The number of hydrogen-bond donors (Lipinski definition) is 3. The molecule has 348 valence electrons. The standard InChI is InChI=1S/C49H94NO8P/c1-3-5-7-9-11-13-15-17-19-20-21-22-23-24-25-26-27-28-30-32-34-36-38-40-42-49(53)56-45-47(51)46-58-59(54,55)57-44-43-50-48(52)41-39-37-35-33-31-29-18-16-14-12-10-8-6-4-2/h10,12,16,18,47,51H,3-9,11,13-15,17,19-46H2,1-2H3,(H,50,52)(H,54,55)/b12-10-,18-16-. The molecule has 0 aromatic heterocycles. The van der Waals surface area contributed by atoms with Gasteiger partial charge in [0.05, 0.1) is 13.2 Å². The zero-order valence-electron chi connectivity index (χ0n) is 38.5. The number of aliphatic hydroxyl groups excluding tert-OH is 1. The molecule has 0 saturated heterocycles. The highest BCUT2D eigenvalue weighted by Crippen LogP contribution is 2.42. The molecular formula is C49H94NO8P. The largest absolute Gasteiger partial charge is 0.472 e. The van der Waals surface area contributed by atoms with Crippen LogP contribution in [0.1, 0.15) is 245 Å². The van der Waals surface area contributed by atoms with Crippen LogP contribution in [0.2, 0.25) is 0 Å². The third-order valence-corrected chi connectivity index (χ3v) is 11.9. The van der Waals surface area contributed by atoms with Crippen LogP contribution in [0.15, 0.2) is 24.3 Å². The van der Waals surface area contributed by atoms with E-state index >= 15 is 0 Å². The van der Waals surface area contributed by atoms with Gasteiger partial charge in [0.15, 0.2) is 0 Å². The molecule has 2 unspecified atom stereocenters. The van der Waals surface area contributed by atoms with Crippen LogP contribution in [0.4, 0.5) is 0 Å². The normalized spacial score (nSPS) is 13.4. The molecule has 2 atom stereocenters. The van der Waals surface area contributed by atoms with Crippen molar-refractivity contribution in [3.63, 3.8) is 0 Å². The Morgan fingerprint density at radius 2 is 0.932 bits per heavy atom. The number of carbonyl (C=O) groups is 2. The molecule has 0 bridgehead atoms. The lowest BCUT2D eigenvalue weighted by atomic mass is 10.0. The minimum absolute atomic E-state index is 0.0760. The van der Waals surface area contributed by atoms with E-state index in [-0.39, 0.29) is 32.1 Å². The number of amides is 1. The molecule has 1 amide bonds. The summed E-state index contributed by atoms with van der Waals surface area (Å²) in [4.78, 5) is 34.0. The summed E-state index contributed by atoms with van der Waals surface area (Å²) in [5, 5.41) is 12.7. The van der Waals surface area contributed by atoms with Gasteiger partial charge in [0.25, 0.3) is 0 Å². The molecule has 0 rings (SSSR count). The second-order valence-corrected chi connectivity index (χ2v) is 18.2. The zero-order valence-corrected chi connectivity index (χ0v) is 39.4. The number of phosphoric ester groups is 1. The van der Waals surface area contributed by atoms with Gasteiger partial charge < -0.3 is 20.1 Å². The van der Waals surface area contributed by atoms with Crippen LogP contribution in [-0.2, 0) is 27.9 Å².